The van der Waals surface area contributed by atoms with Gasteiger partial charge in [-0.2, -0.15) is 0 Å². The molecule has 0 atom stereocenters. The van der Waals surface area contributed by atoms with Gasteiger partial charge in [0.25, 0.3) is 0 Å². The van der Waals surface area contributed by atoms with Crippen molar-refractivity contribution in [3.05, 3.63) is 35.9 Å². The molecule has 0 heterocycles. The van der Waals surface area contributed by atoms with Gasteiger partial charge in [-0.15, -0.1) is 0 Å². The number of nitrogens with zero attached hydrogens (tertiary/aromatic N) is 1. The second-order valence-corrected chi connectivity index (χ2v) is 4.15. The summed E-state index contributed by atoms with van der Waals surface area (Å²) in [7, 11) is 1.29. The summed E-state index contributed by atoms with van der Waals surface area (Å²) in [5.41, 5.74) is 6.23. The summed E-state index contributed by atoms with van der Waals surface area (Å²) in [5, 5.41) is 0. The van der Waals surface area contributed by atoms with Crippen LogP contribution in [0.1, 0.15) is 5.56 Å². The molecule has 0 unspecified atom stereocenters. The van der Waals surface area contributed by atoms with Crippen molar-refractivity contribution < 1.29 is 19.1 Å². The van der Waals surface area contributed by atoms with Gasteiger partial charge in [0, 0.05) is 13.1 Å². The van der Waals surface area contributed by atoms with E-state index in [0.717, 1.165) is 5.56 Å². The van der Waals surface area contributed by atoms with Gasteiger partial charge in [-0.1, -0.05) is 30.3 Å². The lowest BCUT2D eigenvalue weighted by molar-refractivity contribution is -0.149. The van der Waals surface area contributed by atoms with E-state index in [4.69, 9.17) is 10.5 Å². The van der Waals surface area contributed by atoms with Crippen LogP contribution in [0.2, 0.25) is 0 Å². The Morgan fingerprint density at radius 3 is 2.55 bits per heavy atom. The van der Waals surface area contributed by atoms with E-state index >= 15 is 0 Å². The predicted octanol–water partition coefficient (Wildman–Crippen LogP) is 0.164. The summed E-state index contributed by atoms with van der Waals surface area (Å²) in [4.78, 5) is 24.8. The van der Waals surface area contributed by atoms with Crippen molar-refractivity contribution in [2.75, 3.05) is 33.4 Å². The number of rotatable bonds is 8. The van der Waals surface area contributed by atoms with Gasteiger partial charge in [-0.3, -0.25) is 9.59 Å². The Labute approximate surface area is 118 Å². The summed E-state index contributed by atoms with van der Waals surface area (Å²) in [6.45, 7) is 0.796. The monoisotopic (exact) mass is 280 g/mol. The molecular formula is C14H20N2O4. The lowest BCUT2D eigenvalue weighted by Gasteiger charge is -2.21. The average Bonchev–Trinajstić information content (AvgIpc) is 2.47. The predicted molar refractivity (Wildman–Crippen MR) is 73.7 cm³/mol. The Bertz CT molecular complexity index is 422. The number of carbonyl (C=O) groups is 2. The van der Waals surface area contributed by atoms with Gasteiger partial charge in [0.05, 0.1) is 13.7 Å². The molecular weight excluding hydrogens is 260 g/mol. The maximum absolute atomic E-state index is 12.0. The quantitative estimate of drug-likeness (QED) is 0.542. The van der Waals surface area contributed by atoms with E-state index in [9.17, 15) is 9.59 Å². The zero-order valence-corrected chi connectivity index (χ0v) is 11.6. The van der Waals surface area contributed by atoms with E-state index in [1.165, 1.54) is 12.0 Å². The van der Waals surface area contributed by atoms with Crippen molar-refractivity contribution in [2.24, 2.45) is 5.73 Å². The zero-order chi connectivity index (χ0) is 14.8. The Kier molecular flexibility index (Phi) is 7.31. The number of esters is 1. The standard InChI is InChI=1S/C14H20N2O4/c1-19-14(18)10-16(13(17)11-20-8-7-15)9-12-5-3-2-4-6-12/h2-6H,7-11,15H2,1H3. The highest BCUT2D eigenvalue weighted by Gasteiger charge is 2.17. The van der Waals surface area contributed by atoms with E-state index in [2.05, 4.69) is 4.74 Å². The zero-order valence-electron chi connectivity index (χ0n) is 11.6. The van der Waals surface area contributed by atoms with Crippen molar-refractivity contribution >= 4 is 11.9 Å². The van der Waals surface area contributed by atoms with Crippen LogP contribution < -0.4 is 5.73 Å². The summed E-state index contributed by atoms with van der Waals surface area (Å²) >= 11 is 0. The summed E-state index contributed by atoms with van der Waals surface area (Å²) in [5.74, 6) is -0.735. The molecule has 0 aliphatic carbocycles. The third-order valence-corrected chi connectivity index (χ3v) is 2.60. The molecule has 0 aliphatic heterocycles. The fourth-order valence-corrected chi connectivity index (χ4v) is 1.59. The normalized spacial score (nSPS) is 10.1. The molecule has 0 radical (unpaired) electrons. The molecule has 0 bridgehead atoms. The molecule has 0 saturated heterocycles. The fourth-order valence-electron chi connectivity index (χ4n) is 1.59. The van der Waals surface area contributed by atoms with Gasteiger partial charge in [0.15, 0.2) is 0 Å². The molecule has 1 aromatic rings. The maximum Gasteiger partial charge on any atom is 0.325 e. The topological polar surface area (TPSA) is 81.9 Å². The molecule has 6 heteroatoms. The van der Waals surface area contributed by atoms with Gasteiger partial charge in [0.2, 0.25) is 5.91 Å². The van der Waals surface area contributed by atoms with E-state index in [-0.39, 0.29) is 19.1 Å². The van der Waals surface area contributed by atoms with E-state index in [1.54, 1.807) is 0 Å². The van der Waals surface area contributed by atoms with Crippen LogP contribution >= 0.6 is 0 Å². The number of methoxy groups -OCH3 is 1. The van der Waals surface area contributed by atoms with Crippen molar-refractivity contribution in [1.29, 1.82) is 0 Å². The number of amides is 1. The fraction of sp³-hybridized carbons (Fsp3) is 0.429. The molecule has 20 heavy (non-hydrogen) atoms. The van der Waals surface area contributed by atoms with Crippen LogP contribution in [-0.4, -0.2) is 50.2 Å². The first-order valence-corrected chi connectivity index (χ1v) is 6.33. The van der Waals surface area contributed by atoms with E-state index < -0.39 is 5.97 Å². The van der Waals surface area contributed by atoms with Gasteiger partial charge in [-0.25, -0.2) is 0 Å². The summed E-state index contributed by atoms with van der Waals surface area (Å²) in [6, 6.07) is 9.42. The van der Waals surface area contributed by atoms with Crippen LogP contribution in [0.3, 0.4) is 0 Å². The number of hydrogen-bond acceptors (Lipinski definition) is 5. The number of nitrogens with two attached hydrogens (primary N) is 1. The first-order chi connectivity index (χ1) is 9.67. The minimum atomic E-state index is -0.465. The molecule has 0 fully saturated rings. The molecule has 2 N–H and O–H groups in total. The highest BCUT2D eigenvalue weighted by molar-refractivity contribution is 5.82. The first-order valence-electron chi connectivity index (χ1n) is 6.33. The van der Waals surface area contributed by atoms with Gasteiger partial charge in [-0.05, 0) is 5.56 Å². The minimum absolute atomic E-state index is 0.0962. The summed E-state index contributed by atoms with van der Waals surface area (Å²) < 4.78 is 9.71. The van der Waals surface area contributed by atoms with E-state index in [0.29, 0.717) is 19.7 Å². The third kappa shape index (κ3) is 5.81. The number of carbonyl (C=O) groups excluding carboxylic acids is 2. The molecule has 110 valence electrons. The second-order valence-electron chi connectivity index (χ2n) is 4.15. The van der Waals surface area contributed by atoms with Crippen LogP contribution in [-0.2, 0) is 25.6 Å². The second kappa shape index (κ2) is 9.06. The summed E-state index contributed by atoms with van der Waals surface area (Å²) in [6.07, 6.45) is 0. The molecule has 1 aromatic carbocycles. The van der Waals surface area contributed by atoms with Gasteiger partial charge < -0.3 is 20.1 Å². The molecule has 0 saturated carbocycles. The Morgan fingerprint density at radius 1 is 1.25 bits per heavy atom. The van der Waals surface area contributed by atoms with Crippen LogP contribution in [0, 0.1) is 0 Å². The highest BCUT2D eigenvalue weighted by Crippen LogP contribution is 2.05. The van der Waals surface area contributed by atoms with E-state index in [1.807, 2.05) is 30.3 Å². The van der Waals surface area contributed by atoms with Crippen molar-refractivity contribution in [2.45, 2.75) is 6.54 Å². The Morgan fingerprint density at radius 2 is 1.95 bits per heavy atom. The average molecular weight is 280 g/mol. The SMILES string of the molecule is COC(=O)CN(Cc1ccccc1)C(=O)COCCN. The van der Waals surface area contributed by atoms with Crippen molar-refractivity contribution in [1.82, 2.24) is 4.90 Å². The van der Waals surface area contributed by atoms with Crippen molar-refractivity contribution in [3.63, 3.8) is 0 Å². The van der Waals surface area contributed by atoms with Crippen LogP contribution in [0.5, 0.6) is 0 Å². The lowest BCUT2D eigenvalue weighted by Crippen LogP contribution is -2.38. The number of hydrogen-bond donors (Lipinski definition) is 1. The smallest absolute Gasteiger partial charge is 0.325 e. The number of benzene rings is 1. The molecule has 0 spiro atoms. The molecule has 1 rings (SSSR count). The lowest BCUT2D eigenvalue weighted by atomic mass is 10.2. The van der Waals surface area contributed by atoms with Crippen LogP contribution in [0.25, 0.3) is 0 Å². The molecule has 1 amide bonds. The highest BCUT2D eigenvalue weighted by atomic mass is 16.5. The molecule has 6 nitrogen and oxygen atoms in total. The van der Waals surface area contributed by atoms with Crippen LogP contribution in [0.4, 0.5) is 0 Å². The molecule has 0 aliphatic rings. The van der Waals surface area contributed by atoms with Gasteiger partial charge >= 0.3 is 5.97 Å². The van der Waals surface area contributed by atoms with Crippen LogP contribution in [0.15, 0.2) is 30.3 Å². The Hall–Kier alpha value is -1.92. The van der Waals surface area contributed by atoms with Gasteiger partial charge in [0.1, 0.15) is 13.2 Å². The Balaban J connectivity index is 2.64. The first kappa shape index (κ1) is 16.1. The molecule has 0 aromatic heterocycles. The minimum Gasteiger partial charge on any atom is -0.468 e. The largest absolute Gasteiger partial charge is 0.468 e. The van der Waals surface area contributed by atoms with Crippen molar-refractivity contribution in [3.8, 4) is 0 Å². The third-order valence-electron chi connectivity index (χ3n) is 2.60. The maximum atomic E-state index is 12.0. The number of ether oxygens (including phenoxy) is 2.